The molecule has 2 aromatic rings. The minimum atomic E-state index is -3.86. The molecule has 24 heavy (non-hydrogen) atoms. The number of hydrogen-bond acceptors (Lipinski definition) is 5. The summed E-state index contributed by atoms with van der Waals surface area (Å²) in [5, 5.41) is 0. The second kappa shape index (κ2) is 7.31. The van der Waals surface area contributed by atoms with Gasteiger partial charge in [0.1, 0.15) is 11.6 Å². The van der Waals surface area contributed by atoms with Crippen molar-refractivity contribution in [1.29, 1.82) is 0 Å². The van der Waals surface area contributed by atoms with Crippen LogP contribution in [0.3, 0.4) is 0 Å². The molecule has 2 aromatic carbocycles. The van der Waals surface area contributed by atoms with E-state index in [9.17, 15) is 17.6 Å². The number of rotatable bonds is 6. The molecule has 1 N–H and O–H groups in total. The molecule has 0 unspecified atom stereocenters. The van der Waals surface area contributed by atoms with Crippen LogP contribution in [0.1, 0.15) is 5.56 Å². The highest BCUT2D eigenvalue weighted by molar-refractivity contribution is 7.92. The first-order valence-corrected chi connectivity index (χ1v) is 8.39. The first-order chi connectivity index (χ1) is 11.3. The van der Waals surface area contributed by atoms with Gasteiger partial charge < -0.3 is 9.47 Å². The molecule has 0 radical (unpaired) electrons. The maximum absolute atomic E-state index is 13.5. The number of hydrogen-bond donors (Lipinski definition) is 1. The molecule has 0 bridgehead atoms. The highest BCUT2D eigenvalue weighted by Gasteiger charge is 2.15. The second-order valence-electron chi connectivity index (χ2n) is 4.91. The van der Waals surface area contributed by atoms with E-state index in [4.69, 9.17) is 4.74 Å². The van der Waals surface area contributed by atoms with Crippen LogP contribution in [-0.4, -0.2) is 28.1 Å². The monoisotopic (exact) mass is 353 g/mol. The number of halogens is 1. The van der Waals surface area contributed by atoms with Crippen LogP contribution in [0.25, 0.3) is 0 Å². The predicted molar refractivity (Wildman–Crippen MR) is 85.9 cm³/mol. The smallest absolute Gasteiger partial charge is 0.343 e. The predicted octanol–water partition coefficient (Wildman–Crippen LogP) is 2.49. The van der Waals surface area contributed by atoms with Crippen LogP contribution in [0.4, 0.5) is 10.1 Å². The SMILES string of the molecule is COC(=O)COc1ccc(S(=O)(=O)Nc2ccc(C)c(F)c2)cc1. The van der Waals surface area contributed by atoms with Gasteiger partial charge in [-0.05, 0) is 48.9 Å². The topological polar surface area (TPSA) is 81.7 Å². The molecule has 0 fully saturated rings. The summed E-state index contributed by atoms with van der Waals surface area (Å²) in [6.45, 7) is 1.31. The summed E-state index contributed by atoms with van der Waals surface area (Å²) in [6.07, 6.45) is 0. The maximum Gasteiger partial charge on any atom is 0.343 e. The van der Waals surface area contributed by atoms with Crippen LogP contribution in [0, 0.1) is 12.7 Å². The summed E-state index contributed by atoms with van der Waals surface area (Å²) in [7, 11) is -2.62. The molecule has 0 aliphatic rings. The van der Waals surface area contributed by atoms with Crippen LogP contribution < -0.4 is 9.46 Å². The zero-order valence-electron chi connectivity index (χ0n) is 13.1. The van der Waals surface area contributed by atoms with E-state index in [1.54, 1.807) is 6.92 Å². The van der Waals surface area contributed by atoms with Crippen molar-refractivity contribution in [3.05, 3.63) is 53.8 Å². The molecular weight excluding hydrogens is 337 g/mol. The molecular formula is C16H16FNO5S. The fourth-order valence-electron chi connectivity index (χ4n) is 1.79. The quantitative estimate of drug-likeness (QED) is 0.807. The number of nitrogens with one attached hydrogen (secondary N) is 1. The Morgan fingerprint density at radius 3 is 2.42 bits per heavy atom. The highest BCUT2D eigenvalue weighted by Crippen LogP contribution is 2.20. The van der Waals surface area contributed by atoms with E-state index in [-0.39, 0.29) is 17.2 Å². The van der Waals surface area contributed by atoms with Gasteiger partial charge in [0, 0.05) is 0 Å². The van der Waals surface area contributed by atoms with Gasteiger partial charge >= 0.3 is 5.97 Å². The van der Waals surface area contributed by atoms with Gasteiger partial charge in [-0.25, -0.2) is 17.6 Å². The van der Waals surface area contributed by atoms with Crippen LogP contribution in [-0.2, 0) is 19.6 Å². The van der Waals surface area contributed by atoms with Gasteiger partial charge in [-0.1, -0.05) is 6.07 Å². The Morgan fingerprint density at radius 2 is 1.83 bits per heavy atom. The van der Waals surface area contributed by atoms with E-state index < -0.39 is 21.8 Å². The molecule has 0 heterocycles. The fourth-order valence-corrected chi connectivity index (χ4v) is 2.84. The van der Waals surface area contributed by atoms with Crippen molar-refractivity contribution >= 4 is 21.7 Å². The molecule has 0 spiro atoms. The van der Waals surface area contributed by atoms with Crippen LogP contribution in [0.15, 0.2) is 47.4 Å². The molecule has 0 aromatic heterocycles. The minimum Gasteiger partial charge on any atom is -0.482 e. The van der Waals surface area contributed by atoms with Crippen molar-refractivity contribution < 1.29 is 27.1 Å². The van der Waals surface area contributed by atoms with Crippen molar-refractivity contribution in [2.45, 2.75) is 11.8 Å². The third kappa shape index (κ3) is 4.45. The molecule has 0 atom stereocenters. The van der Waals surface area contributed by atoms with Gasteiger partial charge in [0.2, 0.25) is 0 Å². The average molecular weight is 353 g/mol. The fraction of sp³-hybridized carbons (Fsp3) is 0.188. The molecule has 0 amide bonds. The molecule has 0 saturated heterocycles. The minimum absolute atomic E-state index is 0.0195. The summed E-state index contributed by atoms with van der Waals surface area (Å²) in [4.78, 5) is 11.0. The Morgan fingerprint density at radius 1 is 1.17 bits per heavy atom. The van der Waals surface area contributed by atoms with Gasteiger partial charge in [0.25, 0.3) is 10.0 Å². The number of ether oxygens (including phenoxy) is 2. The number of carbonyl (C=O) groups is 1. The first kappa shape index (κ1) is 17.7. The summed E-state index contributed by atoms with van der Waals surface area (Å²) in [5.74, 6) is -0.725. The zero-order valence-corrected chi connectivity index (χ0v) is 13.9. The number of esters is 1. The van der Waals surface area contributed by atoms with E-state index in [1.165, 1.54) is 43.5 Å². The molecule has 0 aliphatic carbocycles. The normalized spacial score (nSPS) is 11.0. The third-order valence-electron chi connectivity index (χ3n) is 3.14. The van der Waals surface area contributed by atoms with Crippen LogP contribution in [0.2, 0.25) is 0 Å². The number of sulfonamides is 1. The van der Waals surface area contributed by atoms with Crippen molar-refractivity contribution in [2.75, 3.05) is 18.4 Å². The van der Waals surface area contributed by atoms with Gasteiger partial charge in [-0.15, -0.1) is 0 Å². The number of carbonyl (C=O) groups excluding carboxylic acids is 1. The third-order valence-corrected chi connectivity index (χ3v) is 4.54. The number of aryl methyl sites for hydroxylation is 1. The van der Waals surface area contributed by atoms with Gasteiger partial charge in [-0.3, -0.25) is 4.72 Å². The van der Waals surface area contributed by atoms with E-state index in [0.29, 0.717) is 11.3 Å². The lowest BCUT2D eigenvalue weighted by atomic mass is 10.2. The Kier molecular flexibility index (Phi) is 5.40. The Labute approximate surface area is 139 Å². The Hall–Kier alpha value is -2.61. The Bertz CT molecular complexity index is 834. The summed E-state index contributed by atoms with van der Waals surface area (Å²) >= 11 is 0. The van der Waals surface area contributed by atoms with E-state index >= 15 is 0 Å². The maximum atomic E-state index is 13.5. The van der Waals surface area contributed by atoms with Gasteiger partial charge in [0.05, 0.1) is 17.7 Å². The lowest BCUT2D eigenvalue weighted by molar-refractivity contribution is -0.142. The lowest BCUT2D eigenvalue weighted by Gasteiger charge is -2.10. The molecule has 0 aliphatic heterocycles. The van der Waals surface area contributed by atoms with Crippen molar-refractivity contribution in [3.63, 3.8) is 0 Å². The van der Waals surface area contributed by atoms with Crippen LogP contribution >= 0.6 is 0 Å². The molecule has 8 heteroatoms. The largest absolute Gasteiger partial charge is 0.482 e. The first-order valence-electron chi connectivity index (χ1n) is 6.90. The number of methoxy groups -OCH3 is 1. The van der Waals surface area contributed by atoms with Gasteiger partial charge in [-0.2, -0.15) is 0 Å². The molecule has 128 valence electrons. The summed E-state index contributed by atoms with van der Waals surface area (Å²) < 4.78 is 49.9. The standard InChI is InChI=1S/C16H16FNO5S/c1-11-3-4-12(9-15(11)17)18-24(20,21)14-7-5-13(6-8-14)23-10-16(19)22-2/h3-9,18H,10H2,1-2H3. The van der Waals surface area contributed by atoms with Crippen molar-refractivity contribution in [1.82, 2.24) is 0 Å². The molecule has 2 rings (SSSR count). The van der Waals surface area contributed by atoms with Gasteiger partial charge in [0.15, 0.2) is 6.61 Å². The van der Waals surface area contributed by atoms with Crippen molar-refractivity contribution in [2.24, 2.45) is 0 Å². The summed E-state index contributed by atoms with van der Waals surface area (Å²) in [6, 6.07) is 9.53. The molecule has 6 nitrogen and oxygen atoms in total. The average Bonchev–Trinajstić information content (AvgIpc) is 2.56. The second-order valence-corrected chi connectivity index (χ2v) is 6.59. The zero-order chi connectivity index (χ0) is 17.7. The van der Waals surface area contributed by atoms with Crippen molar-refractivity contribution in [3.8, 4) is 5.75 Å². The Balaban J connectivity index is 2.11. The number of anilines is 1. The van der Waals surface area contributed by atoms with E-state index in [0.717, 1.165) is 6.07 Å². The van der Waals surface area contributed by atoms with Crippen LogP contribution in [0.5, 0.6) is 5.75 Å². The van der Waals surface area contributed by atoms with E-state index in [2.05, 4.69) is 9.46 Å². The summed E-state index contributed by atoms with van der Waals surface area (Å²) in [5.41, 5.74) is 0.550. The van der Waals surface area contributed by atoms with E-state index in [1.807, 2.05) is 0 Å². The number of benzene rings is 2. The highest BCUT2D eigenvalue weighted by atomic mass is 32.2. The molecule has 0 saturated carbocycles. The lowest BCUT2D eigenvalue weighted by Crippen LogP contribution is -2.14.